The molecule has 0 atom stereocenters. The molecule has 176 valence electrons. The normalized spacial score (nSPS) is 12.8. The van der Waals surface area contributed by atoms with Gasteiger partial charge in [-0.25, -0.2) is 9.37 Å². The van der Waals surface area contributed by atoms with Gasteiger partial charge >= 0.3 is 12.4 Å². The van der Waals surface area contributed by atoms with Crippen LogP contribution in [0.1, 0.15) is 41.2 Å². The van der Waals surface area contributed by atoms with Gasteiger partial charge in [-0.3, -0.25) is 9.78 Å². The number of carbonyl (C=O) groups excluding carboxylic acids is 1. The first-order chi connectivity index (χ1) is 14.8. The fourth-order valence-electron chi connectivity index (χ4n) is 3.28. The number of aromatic nitrogens is 2. The Bertz CT molecular complexity index is 945. The third kappa shape index (κ3) is 4.84. The maximum absolute atomic E-state index is 13.7. The molecule has 0 aliphatic heterocycles. The number of nitrogens with one attached hydrogen (secondary N) is 1. The Kier molecular flexibility index (Phi) is 7.48. The van der Waals surface area contributed by atoms with Crippen LogP contribution in [-0.4, -0.2) is 35.3 Å². The van der Waals surface area contributed by atoms with Crippen LogP contribution in [0.25, 0.3) is 0 Å². The standard InChI is InChI=1S/C20H20F7N3O2/c1-11(2)8-12-9-13(30-17(31)16-15(10-21)28-6-7-29-16)4-5-14(12)18(32-3,19(22,23)24)20(25,26)27/h4-7,9,11H,8,10H2,1-3H3,(H,30,31). The number of nitrogens with zero attached hydrogens (tertiary/aromatic N) is 2. The van der Waals surface area contributed by atoms with Crippen molar-refractivity contribution in [1.82, 2.24) is 9.97 Å². The van der Waals surface area contributed by atoms with Crippen molar-refractivity contribution in [2.24, 2.45) is 5.92 Å². The van der Waals surface area contributed by atoms with E-state index in [1.165, 1.54) is 6.20 Å². The molecule has 32 heavy (non-hydrogen) atoms. The molecule has 0 aliphatic rings. The van der Waals surface area contributed by atoms with Gasteiger partial charge < -0.3 is 10.1 Å². The van der Waals surface area contributed by atoms with E-state index in [0.717, 1.165) is 18.3 Å². The summed E-state index contributed by atoms with van der Waals surface area (Å²) in [6.45, 7) is 2.12. The monoisotopic (exact) mass is 467 g/mol. The first-order valence-electron chi connectivity index (χ1n) is 9.27. The van der Waals surface area contributed by atoms with Gasteiger partial charge in [0.05, 0.1) is 0 Å². The molecule has 0 saturated carbocycles. The average molecular weight is 467 g/mol. The lowest BCUT2D eigenvalue weighted by Gasteiger charge is -2.37. The average Bonchev–Trinajstić information content (AvgIpc) is 2.67. The van der Waals surface area contributed by atoms with Crippen molar-refractivity contribution in [2.75, 3.05) is 12.4 Å². The lowest BCUT2D eigenvalue weighted by molar-refractivity contribution is -0.383. The number of rotatable bonds is 7. The molecule has 0 unspecified atom stereocenters. The first-order valence-corrected chi connectivity index (χ1v) is 9.27. The number of ether oxygens (including phenoxy) is 1. The van der Waals surface area contributed by atoms with Crippen LogP contribution in [0.3, 0.4) is 0 Å². The van der Waals surface area contributed by atoms with Crippen LogP contribution in [0.5, 0.6) is 0 Å². The number of hydrogen-bond donors (Lipinski definition) is 1. The minimum absolute atomic E-state index is 0.0980. The molecule has 0 radical (unpaired) electrons. The summed E-state index contributed by atoms with van der Waals surface area (Å²) in [5.41, 5.74) is -6.73. The lowest BCUT2D eigenvalue weighted by Crippen LogP contribution is -2.55. The van der Waals surface area contributed by atoms with Crippen molar-refractivity contribution in [3.63, 3.8) is 0 Å². The molecular weight excluding hydrogens is 447 g/mol. The van der Waals surface area contributed by atoms with E-state index in [1.807, 2.05) is 0 Å². The van der Waals surface area contributed by atoms with Gasteiger partial charge in [-0.05, 0) is 30.0 Å². The van der Waals surface area contributed by atoms with E-state index in [1.54, 1.807) is 13.8 Å². The highest BCUT2D eigenvalue weighted by atomic mass is 19.4. The molecule has 1 N–H and O–H groups in total. The maximum Gasteiger partial charge on any atom is 0.430 e. The largest absolute Gasteiger partial charge is 0.430 e. The molecule has 12 heteroatoms. The van der Waals surface area contributed by atoms with Gasteiger partial charge in [-0.1, -0.05) is 19.9 Å². The van der Waals surface area contributed by atoms with Crippen LogP contribution in [-0.2, 0) is 23.4 Å². The van der Waals surface area contributed by atoms with Crippen LogP contribution >= 0.6 is 0 Å². The molecule has 0 fully saturated rings. The zero-order valence-corrected chi connectivity index (χ0v) is 17.2. The number of anilines is 1. The summed E-state index contributed by atoms with van der Waals surface area (Å²) in [6.07, 6.45) is -9.49. The van der Waals surface area contributed by atoms with E-state index >= 15 is 0 Å². The van der Waals surface area contributed by atoms with E-state index in [0.29, 0.717) is 13.2 Å². The number of alkyl halides is 7. The predicted octanol–water partition coefficient (Wildman–Crippen LogP) is 5.36. The molecule has 0 bridgehead atoms. The quantitative estimate of drug-likeness (QED) is 0.557. The highest BCUT2D eigenvalue weighted by Crippen LogP contribution is 2.53. The third-order valence-electron chi connectivity index (χ3n) is 4.59. The summed E-state index contributed by atoms with van der Waals surface area (Å²) in [4.78, 5) is 19.8. The van der Waals surface area contributed by atoms with E-state index < -0.39 is 36.1 Å². The number of carbonyl (C=O) groups is 1. The van der Waals surface area contributed by atoms with Gasteiger partial charge in [0.15, 0.2) is 5.69 Å². The van der Waals surface area contributed by atoms with Crippen molar-refractivity contribution in [2.45, 2.75) is 44.9 Å². The summed E-state index contributed by atoms with van der Waals surface area (Å²) in [7, 11) is 0.336. The van der Waals surface area contributed by atoms with Gasteiger partial charge in [0.25, 0.3) is 11.5 Å². The van der Waals surface area contributed by atoms with Gasteiger partial charge in [0.1, 0.15) is 12.4 Å². The number of benzene rings is 1. The Morgan fingerprint density at radius 3 is 2.16 bits per heavy atom. The Labute approximate surface area is 179 Å². The molecule has 0 saturated heterocycles. The molecule has 1 amide bonds. The SMILES string of the molecule is COC(c1ccc(NC(=O)c2nccnc2CF)cc1CC(C)C)(C(F)(F)F)C(F)(F)F. The molecule has 2 rings (SSSR count). The second-order valence-electron chi connectivity index (χ2n) is 7.29. The Hall–Kier alpha value is -2.76. The summed E-state index contributed by atoms with van der Waals surface area (Å²) < 4.78 is 99.5. The van der Waals surface area contributed by atoms with E-state index in [-0.39, 0.29) is 35.0 Å². The topological polar surface area (TPSA) is 64.1 Å². The Morgan fingerprint density at radius 1 is 1.06 bits per heavy atom. The summed E-state index contributed by atoms with van der Waals surface area (Å²) in [5, 5.41) is 2.31. The van der Waals surface area contributed by atoms with Crippen molar-refractivity contribution in [1.29, 1.82) is 0 Å². The van der Waals surface area contributed by atoms with Gasteiger partial charge in [-0.2, -0.15) is 26.3 Å². The molecule has 1 aromatic heterocycles. The first kappa shape index (κ1) is 25.5. The fourth-order valence-corrected chi connectivity index (χ4v) is 3.28. The summed E-state index contributed by atoms with van der Waals surface area (Å²) >= 11 is 0. The molecule has 0 spiro atoms. The number of methoxy groups -OCH3 is 1. The second-order valence-corrected chi connectivity index (χ2v) is 7.29. The molecule has 2 aromatic rings. The van der Waals surface area contributed by atoms with Crippen LogP contribution in [0.2, 0.25) is 0 Å². The molecule has 1 heterocycles. The molecule has 1 aromatic carbocycles. The van der Waals surface area contributed by atoms with E-state index in [9.17, 15) is 35.5 Å². The Balaban J connectivity index is 2.60. The van der Waals surface area contributed by atoms with Crippen molar-refractivity contribution in [3.8, 4) is 0 Å². The smallest absolute Gasteiger partial charge is 0.357 e. The highest BCUT2D eigenvalue weighted by molar-refractivity contribution is 6.03. The predicted molar refractivity (Wildman–Crippen MR) is 101 cm³/mol. The van der Waals surface area contributed by atoms with Gasteiger partial charge in [0, 0.05) is 30.8 Å². The second kappa shape index (κ2) is 9.39. The third-order valence-corrected chi connectivity index (χ3v) is 4.59. The van der Waals surface area contributed by atoms with Gasteiger partial charge in [0.2, 0.25) is 0 Å². The van der Waals surface area contributed by atoms with E-state index in [2.05, 4.69) is 20.0 Å². The minimum atomic E-state index is -5.81. The van der Waals surface area contributed by atoms with Crippen molar-refractivity contribution >= 4 is 11.6 Å². The number of halogens is 7. The molecular formula is C20H20F7N3O2. The zero-order chi connectivity index (χ0) is 24.3. The maximum atomic E-state index is 13.7. The molecule has 0 aliphatic carbocycles. The van der Waals surface area contributed by atoms with Crippen LogP contribution in [0.4, 0.5) is 36.4 Å². The summed E-state index contributed by atoms with van der Waals surface area (Å²) in [6, 6.07) is 2.50. The lowest BCUT2D eigenvalue weighted by atomic mass is 9.84. The molecule has 5 nitrogen and oxygen atoms in total. The Morgan fingerprint density at radius 2 is 1.66 bits per heavy atom. The zero-order valence-electron chi connectivity index (χ0n) is 17.2. The van der Waals surface area contributed by atoms with Crippen LogP contribution < -0.4 is 5.32 Å². The minimum Gasteiger partial charge on any atom is -0.357 e. The van der Waals surface area contributed by atoms with Crippen LogP contribution in [0, 0.1) is 5.92 Å². The van der Waals surface area contributed by atoms with Crippen LogP contribution in [0.15, 0.2) is 30.6 Å². The van der Waals surface area contributed by atoms with Gasteiger partial charge in [-0.15, -0.1) is 0 Å². The highest BCUT2D eigenvalue weighted by Gasteiger charge is 2.73. The van der Waals surface area contributed by atoms with E-state index in [4.69, 9.17) is 0 Å². The summed E-state index contributed by atoms with van der Waals surface area (Å²) in [5.74, 6) is -1.24. The fraction of sp³-hybridized carbons (Fsp3) is 0.450. The number of amides is 1. The van der Waals surface area contributed by atoms with Crippen molar-refractivity contribution in [3.05, 3.63) is 53.1 Å². The number of hydrogen-bond acceptors (Lipinski definition) is 4. The van der Waals surface area contributed by atoms with Crippen molar-refractivity contribution < 1.29 is 40.3 Å².